The van der Waals surface area contributed by atoms with Crippen LogP contribution in [0, 0.1) is 5.82 Å². The third-order valence-electron chi connectivity index (χ3n) is 2.24. The molecule has 18 heavy (non-hydrogen) atoms. The number of carboxylic acids is 1. The van der Waals surface area contributed by atoms with Crippen LogP contribution in [0.1, 0.15) is 10.5 Å². The maximum atomic E-state index is 13.7. The first-order valence-electron chi connectivity index (χ1n) is 4.77. The van der Waals surface area contributed by atoms with Crippen LogP contribution in [0.5, 0.6) is 5.75 Å². The van der Waals surface area contributed by atoms with Crippen molar-refractivity contribution in [3.8, 4) is 17.1 Å². The van der Waals surface area contributed by atoms with Gasteiger partial charge in [0.2, 0.25) is 0 Å². The van der Waals surface area contributed by atoms with Gasteiger partial charge in [-0.25, -0.2) is 9.18 Å². The van der Waals surface area contributed by atoms with E-state index in [1.807, 2.05) is 0 Å². The maximum Gasteiger partial charge on any atom is 0.358 e. The second-order valence-corrected chi connectivity index (χ2v) is 3.73. The highest BCUT2D eigenvalue weighted by Crippen LogP contribution is 2.38. The molecule has 0 aliphatic rings. The van der Waals surface area contributed by atoms with Gasteiger partial charge in [-0.05, 0) is 12.1 Å². The molecule has 1 aromatic heterocycles. The fourth-order valence-corrected chi connectivity index (χ4v) is 1.69. The summed E-state index contributed by atoms with van der Waals surface area (Å²) in [5, 5.41) is 12.2. The van der Waals surface area contributed by atoms with Crippen LogP contribution in [0.2, 0.25) is 5.02 Å². The molecule has 94 valence electrons. The van der Waals surface area contributed by atoms with Crippen molar-refractivity contribution < 1.29 is 23.6 Å². The zero-order chi connectivity index (χ0) is 13.3. The van der Waals surface area contributed by atoms with Gasteiger partial charge < -0.3 is 14.4 Å². The van der Waals surface area contributed by atoms with Crippen molar-refractivity contribution in [3.05, 3.63) is 34.7 Å². The van der Waals surface area contributed by atoms with E-state index in [1.165, 1.54) is 13.2 Å². The number of ether oxygens (including phenoxy) is 1. The predicted molar refractivity (Wildman–Crippen MR) is 60.4 cm³/mol. The Hall–Kier alpha value is -2.08. The van der Waals surface area contributed by atoms with Crippen molar-refractivity contribution in [1.29, 1.82) is 0 Å². The molecule has 0 saturated carbocycles. The molecule has 0 unspecified atom stereocenters. The Labute approximate surface area is 106 Å². The highest BCUT2D eigenvalue weighted by atomic mass is 35.5. The first-order chi connectivity index (χ1) is 8.54. The minimum atomic E-state index is -1.27. The molecule has 0 amide bonds. The zero-order valence-corrected chi connectivity index (χ0v) is 9.86. The second-order valence-electron chi connectivity index (χ2n) is 3.32. The molecule has 7 heteroatoms. The Morgan fingerprint density at radius 3 is 2.83 bits per heavy atom. The number of aromatic nitrogens is 1. The van der Waals surface area contributed by atoms with E-state index in [9.17, 15) is 9.18 Å². The quantitative estimate of drug-likeness (QED) is 0.929. The third-order valence-corrected chi connectivity index (χ3v) is 2.54. The fraction of sp³-hybridized carbons (Fsp3) is 0.0909. The van der Waals surface area contributed by atoms with E-state index in [4.69, 9.17) is 26.0 Å². The summed E-state index contributed by atoms with van der Waals surface area (Å²) in [4.78, 5) is 10.7. The molecule has 0 spiro atoms. The Morgan fingerprint density at radius 1 is 1.56 bits per heavy atom. The molecule has 0 fully saturated rings. The van der Waals surface area contributed by atoms with Crippen molar-refractivity contribution >= 4 is 17.6 Å². The summed E-state index contributed by atoms with van der Waals surface area (Å²) in [7, 11) is 1.32. The van der Waals surface area contributed by atoms with Crippen molar-refractivity contribution in [2.24, 2.45) is 0 Å². The number of benzene rings is 1. The van der Waals surface area contributed by atoms with Crippen LogP contribution in [-0.2, 0) is 0 Å². The number of hydrogen-bond donors (Lipinski definition) is 1. The van der Waals surface area contributed by atoms with Crippen LogP contribution in [0.25, 0.3) is 11.3 Å². The molecular weight excluding hydrogens is 265 g/mol. The lowest BCUT2D eigenvalue weighted by atomic mass is 10.1. The number of carboxylic acid groups (broad SMARTS) is 1. The lowest BCUT2D eigenvalue weighted by Crippen LogP contribution is -1.95. The van der Waals surface area contributed by atoms with Crippen LogP contribution >= 0.6 is 11.6 Å². The largest absolute Gasteiger partial charge is 0.494 e. The van der Waals surface area contributed by atoms with Crippen molar-refractivity contribution in [2.45, 2.75) is 0 Å². The zero-order valence-electron chi connectivity index (χ0n) is 9.11. The van der Waals surface area contributed by atoms with Gasteiger partial charge in [0.15, 0.2) is 17.2 Å². The van der Waals surface area contributed by atoms with E-state index in [0.717, 1.165) is 12.1 Å². The van der Waals surface area contributed by atoms with Gasteiger partial charge in [0.25, 0.3) is 0 Å². The SMILES string of the molecule is COc1c(Cl)ccc(F)c1-c1cc(C(=O)O)no1. The maximum absolute atomic E-state index is 13.7. The molecule has 0 aliphatic heterocycles. The predicted octanol–water partition coefficient (Wildman–Crippen LogP) is 2.84. The average molecular weight is 272 g/mol. The normalized spacial score (nSPS) is 10.4. The lowest BCUT2D eigenvalue weighted by Gasteiger charge is -2.08. The van der Waals surface area contributed by atoms with Gasteiger partial charge in [0.1, 0.15) is 5.82 Å². The summed E-state index contributed by atoms with van der Waals surface area (Å²) in [6.07, 6.45) is 0. The Balaban J connectivity index is 2.62. The van der Waals surface area contributed by atoms with E-state index in [1.54, 1.807) is 0 Å². The van der Waals surface area contributed by atoms with E-state index >= 15 is 0 Å². The molecule has 2 rings (SSSR count). The van der Waals surface area contributed by atoms with E-state index < -0.39 is 11.8 Å². The van der Waals surface area contributed by atoms with Gasteiger partial charge in [-0.3, -0.25) is 0 Å². The van der Waals surface area contributed by atoms with Crippen molar-refractivity contribution in [2.75, 3.05) is 7.11 Å². The molecule has 0 atom stereocenters. The number of hydrogen-bond acceptors (Lipinski definition) is 4. The van der Waals surface area contributed by atoms with E-state index in [2.05, 4.69) is 5.16 Å². The van der Waals surface area contributed by atoms with Crippen LogP contribution in [0.15, 0.2) is 22.7 Å². The van der Waals surface area contributed by atoms with Crippen LogP contribution < -0.4 is 4.74 Å². The first-order valence-corrected chi connectivity index (χ1v) is 5.14. The van der Waals surface area contributed by atoms with Gasteiger partial charge >= 0.3 is 5.97 Å². The summed E-state index contributed by atoms with van der Waals surface area (Å²) in [5.41, 5.74) is -0.392. The van der Waals surface area contributed by atoms with E-state index in [-0.39, 0.29) is 27.8 Å². The summed E-state index contributed by atoms with van der Waals surface area (Å²) < 4.78 is 23.5. The molecule has 1 aromatic carbocycles. The number of nitrogens with zero attached hydrogens (tertiary/aromatic N) is 1. The minimum absolute atomic E-state index is 0.0600. The topological polar surface area (TPSA) is 72.6 Å². The summed E-state index contributed by atoms with van der Waals surface area (Å²) in [6, 6.07) is 3.55. The van der Waals surface area contributed by atoms with E-state index in [0.29, 0.717) is 0 Å². The molecule has 2 aromatic rings. The standard InChI is InChI=1S/C11H7ClFNO4/c1-17-10-5(12)2-3-6(13)9(10)8-4-7(11(15)16)14-18-8/h2-4H,1H3,(H,15,16). The molecule has 1 heterocycles. The number of halogens is 2. The molecule has 5 nitrogen and oxygen atoms in total. The third kappa shape index (κ3) is 2.02. The second kappa shape index (κ2) is 4.66. The number of aromatic carboxylic acids is 1. The molecule has 0 bridgehead atoms. The smallest absolute Gasteiger partial charge is 0.358 e. The monoisotopic (exact) mass is 271 g/mol. The summed E-state index contributed by atoms with van der Waals surface area (Å²) in [6.45, 7) is 0. The molecule has 1 N–H and O–H groups in total. The van der Waals surface area contributed by atoms with Crippen LogP contribution in [0.4, 0.5) is 4.39 Å². The van der Waals surface area contributed by atoms with Gasteiger partial charge in [0.05, 0.1) is 17.7 Å². The Morgan fingerprint density at radius 2 is 2.28 bits per heavy atom. The van der Waals surface area contributed by atoms with Crippen LogP contribution in [0.3, 0.4) is 0 Å². The highest BCUT2D eigenvalue weighted by Gasteiger charge is 2.21. The van der Waals surface area contributed by atoms with Crippen LogP contribution in [-0.4, -0.2) is 23.3 Å². The summed E-state index contributed by atoms with van der Waals surface area (Å²) in [5.74, 6) is -1.93. The summed E-state index contributed by atoms with van der Waals surface area (Å²) >= 11 is 5.85. The fourth-order valence-electron chi connectivity index (χ4n) is 1.46. The number of methoxy groups -OCH3 is 1. The number of carbonyl (C=O) groups is 1. The van der Waals surface area contributed by atoms with Crippen molar-refractivity contribution in [1.82, 2.24) is 5.16 Å². The Kier molecular flexibility index (Phi) is 3.20. The van der Waals surface area contributed by atoms with Gasteiger partial charge in [-0.15, -0.1) is 0 Å². The highest BCUT2D eigenvalue weighted by molar-refractivity contribution is 6.32. The molecule has 0 aliphatic carbocycles. The minimum Gasteiger partial charge on any atom is -0.494 e. The average Bonchev–Trinajstić information content (AvgIpc) is 2.81. The van der Waals surface area contributed by atoms with Gasteiger partial charge in [-0.2, -0.15) is 0 Å². The lowest BCUT2D eigenvalue weighted by molar-refractivity contribution is 0.0686. The molecular formula is C11H7ClFNO4. The molecule has 0 saturated heterocycles. The van der Waals surface area contributed by atoms with Crippen molar-refractivity contribution in [3.63, 3.8) is 0 Å². The molecule has 0 radical (unpaired) electrons. The van der Waals surface area contributed by atoms with Gasteiger partial charge in [0, 0.05) is 6.07 Å². The Bertz CT molecular complexity index is 611. The first kappa shape index (κ1) is 12.4. The van der Waals surface area contributed by atoms with Gasteiger partial charge in [-0.1, -0.05) is 16.8 Å². The number of rotatable bonds is 3.